The van der Waals surface area contributed by atoms with Crippen molar-refractivity contribution in [3.05, 3.63) is 40.4 Å². The molecule has 2 N–H and O–H groups in total. The molecule has 0 saturated heterocycles. The number of halogens is 1. The molecular formula is C12H12ClNO2. The number of carboxylic acids is 1. The Labute approximate surface area is 98.7 Å². The minimum Gasteiger partial charge on any atom is -0.478 e. The van der Waals surface area contributed by atoms with Crippen molar-refractivity contribution >= 4 is 23.1 Å². The highest BCUT2D eigenvalue weighted by Gasteiger charge is 2.19. The molecule has 0 aromatic heterocycles. The molecule has 0 radical (unpaired) electrons. The number of nitrogens with one attached hydrogen (secondary N) is 1. The molecule has 0 unspecified atom stereocenters. The zero-order valence-corrected chi connectivity index (χ0v) is 9.42. The third-order valence-electron chi connectivity index (χ3n) is 2.65. The Kier molecular flexibility index (Phi) is 3.27. The summed E-state index contributed by atoms with van der Waals surface area (Å²) in [6, 6.07) is 7.33. The van der Waals surface area contributed by atoms with Crippen molar-refractivity contribution in [2.45, 2.75) is 6.42 Å². The van der Waals surface area contributed by atoms with Gasteiger partial charge >= 0.3 is 5.97 Å². The Bertz CT molecular complexity index is 454. The largest absolute Gasteiger partial charge is 0.478 e. The summed E-state index contributed by atoms with van der Waals surface area (Å²) in [6.07, 6.45) is 0.724. The van der Waals surface area contributed by atoms with Crippen LogP contribution in [0, 0.1) is 0 Å². The van der Waals surface area contributed by atoms with Crippen LogP contribution in [0.2, 0.25) is 5.02 Å². The molecule has 2 rings (SSSR count). The highest BCUT2D eigenvalue weighted by molar-refractivity contribution is 6.30. The van der Waals surface area contributed by atoms with Crippen LogP contribution in [0.4, 0.5) is 0 Å². The first-order chi connectivity index (χ1) is 7.68. The van der Waals surface area contributed by atoms with Gasteiger partial charge in [0.05, 0.1) is 5.57 Å². The summed E-state index contributed by atoms with van der Waals surface area (Å²) in [7, 11) is 0. The van der Waals surface area contributed by atoms with Gasteiger partial charge in [-0.15, -0.1) is 0 Å². The van der Waals surface area contributed by atoms with E-state index in [0.29, 0.717) is 17.1 Å². The van der Waals surface area contributed by atoms with E-state index < -0.39 is 5.97 Å². The maximum absolute atomic E-state index is 11.1. The Morgan fingerprint density at radius 3 is 2.94 bits per heavy atom. The van der Waals surface area contributed by atoms with Gasteiger partial charge in [-0.25, -0.2) is 4.79 Å². The first-order valence-electron chi connectivity index (χ1n) is 5.10. The van der Waals surface area contributed by atoms with Gasteiger partial charge in [0.15, 0.2) is 0 Å². The van der Waals surface area contributed by atoms with Crippen molar-refractivity contribution in [3.63, 3.8) is 0 Å². The van der Waals surface area contributed by atoms with E-state index in [1.807, 2.05) is 18.2 Å². The Hall–Kier alpha value is -1.32. The first kappa shape index (κ1) is 11.2. The lowest BCUT2D eigenvalue weighted by Crippen LogP contribution is -2.28. The van der Waals surface area contributed by atoms with Gasteiger partial charge in [0.2, 0.25) is 0 Å². The van der Waals surface area contributed by atoms with E-state index >= 15 is 0 Å². The number of benzene rings is 1. The fourth-order valence-corrected chi connectivity index (χ4v) is 2.07. The van der Waals surface area contributed by atoms with Gasteiger partial charge in [0, 0.05) is 11.6 Å². The molecule has 1 aliphatic heterocycles. The highest BCUT2D eigenvalue weighted by Crippen LogP contribution is 2.26. The molecule has 0 amide bonds. The van der Waals surface area contributed by atoms with Crippen molar-refractivity contribution in [1.82, 2.24) is 5.32 Å². The highest BCUT2D eigenvalue weighted by atomic mass is 35.5. The van der Waals surface area contributed by atoms with Gasteiger partial charge in [-0.2, -0.15) is 0 Å². The van der Waals surface area contributed by atoms with Crippen LogP contribution in [0.3, 0.4) is 0 Å². The minimum atomic E-state index is -0.859. The SMILES string of the molecule is O=C(O)C1=C(c2cccc(Cl)c2)CCNC1. The van der Waals surface area contributed by atoms with Crippen LogP contribution in [0.1, 0.15) is 12.0 Å². The van der Waals surface area contributed by atoms with E-state index in [1.165, 1.54) is 0 Å². The Morgan fingerprint density at radius 2 is 2.25 bits per heavy atom. The summed E-state index contributed by atoms with van der Waals surface area (Å²) >= 11 is 5.91. The number of aliphatic carboxylic acids is 1. The van der Waals surface area contributed by atoms with Crippen molar-refractivity contribution in [2.24, 2.45) is 0 Å². The van der Waals surface area contributed by atoms with Crippen LogP contribution in [0.5, 0.6) is 0 Å². The second-order valence-electron chi connectivity index (χ2n) is 3.70. The average Bonchev–Trinajstić information content (AvgIpc) is 2.29. The molecule has 0 aliphatic carbocycles. The minimum absolute atomic E-state index is 0.414. The van der Waals surface area contributed by atoms with Crippen LogP contribution in [0.25, 0.3) is 5.57 Å². The molecule has 0 bridgehead atoms. The maximum atomic E-state index is 11.1. The van der Waals surface area contributed by atoms with E-state index in [0.717, 1.165) is 24.1 Å². The molecule has 4 heteroatoms. The fraction of sp³-hybridized carbons (Fsp3) is 0.250. The second kappa shape index (κ2) is 4.68. The zero-order valence-electron chi connectivity index (χ0n) is 8.66. The second-order valence-corrected chi connectivity index (χ2v) is 4.14. The predicted molar refractivity (Wildman–Crippen MR) is 63.5 cm³/mol. The van der Waals surface area contributed by atoms with Gasteiger partial charge in [-0.1, -0.05) is 23.7 Å². The summed E-state index contributed by atoms with van der Waals surface area (Å²) in [5.41, 5.74) is 2.23. The Balaban J connectivity index is 2.47. The predicted octanol–water partition coefficient (Wildman–Crippen LogP) is 2.17. The quantitative estimate of drug-likeness (QED) is 0.829. The lowest BCUT2D eigenvalue weighted by atomic mass is 9.94. The van der Waals surface area contributed by atoms with E-state index in [4.69, 9.17) is 16.7 Å². The van der Waals surface area contributed by atoms with Crippen molar-refractivity contribution in [1.29, 1.82) is 0 Å². The van der Waals surface area contributed by atoms with Crippen molar-refractivity contribution in [2.75, 3.05) is 13.1 Å². The number of carboxylic acid groups (broad SMARTS) is 1. The molecule has 84 valence electrons. The number of rotatable bonds is 2. The molecule has 0 saturated carbocycles. The average molecular weight is 238 g/mol. The van der Waals surface area contributed by atoms with Gasteiger partial charge in [0.25, 0.3) is 0 Å². The van der Waals surface area contributed by atoms with Crippen molar-refractivity contribution < 1.29 is 9.90 Å². The normalized spacial score (nSPS) is 16.3. The monoisotopic (exact) mass is 237 g/mol. The van der Waals surface area contributed by atoms with Crippen molar-refractivity contribution in [3.8, 4) is 0 Å². The van der Waals surface area contributed by atoms with Crippen LogP contribution in [-0.4, -0.2) is 24.2 Å². The van der Waals surface area contributed by atoms with E-state index in [-0.39, 0.29) is 0 Å². The van der Waals surface area contributed by atoms with E-state index in [9.17, 15) is 4.79 Å². The van der Waals surface area contributed by atoms with Crippen LogP contribution < -0.4 is 5.32 Å². The smallest absolute Gasteiger partial charge is 0.333 e. The third-order valence-corrected chi connectivity index (χ3v) is 2.88. The number of carbonyl (C=O) groups is 1. The molecule has 1 aliphatic rings. The van der Waals surface area contributed by atoms with Crippen LogP contribution >= 0.6 is 11.6 Å². The standard InChI is InChI=1S/C12H12ClNO2/c13-9-3-1-2-8(6-9)10-4-5-14-7-11(10)12(15)16/h1-3,6,14H,4-5,7H2,(H,15,16). The third kappa shape index (κ3) is 2.26. The molecule has 1 aromatic carbocycles. The molecule has 1 heterocycles. The molecule has 16 heavy (non-hydrogen) atoms. The summed E-state index contributed by atoms with van der Waals surface area (Å²) in [6.45, 7) is 1.22. The summed E-state index contributed by atoms with van der Waals surface area (Å²) in [4.78, 5) is 11.1. The summed E-state index contributed by atoms with van der Waals surface area (Å²) < 4.78 is 0. The molecule has 1 aromatic rings. The molecule has 0 fully saturated rings. The number of hydrogen-bond acceptors (Lipinski definition) is 2. The lowest BCUT2D eigenvalue weighted by Gasteiger charge is -2.19. The molecular weight excluding hydrogens is 226 g/mol. The maximum Gasteiger partial charge on any atom is 0.333 e. The lowest BCUT2D eigenvalue weighted by molar-refractivity contribution is -0.132. The Morgan fingerprint density at radius 1 is 1.44 bits per heavy atom. The molecule has 0 atom stereocenters. The number of hydrogen-bond donors (Lipinski definition) is 2. The fourth-order valence-electron chi connectivity index (χ4n) is 1.88. The van der Waals surface area contributed by atoms with Gasteiger partial charge in [-0.05, 0) is 36.2 Å². The van der Waals surface area contributed by atoms with Gasteiger partial charge in [-0.3, -0.25) is 0 Å². The molecule has 0 spiro atoms. The van der Waals surface area contributed by atoms with E-state index in [2.05, 4.69) is 5.32 Å². The molecule has 3 nitrogen and oxygen atoms in total. The van der Waals surface area contributed by atoms with Crippen LogP contribution in [-0.2, 0) is 4.79 Å². The van der Waals surface area contributed by atoms with Gasteiger partial charge < -0.3 is 10.4 Å². The van der Waals surface area contributed by atoms with E-state index in [1.54, 1.807) is 6.07 Å². The summed E-state index contributed by atoms with van der Waals surface area (Å²) in [5.74, 6) is -0.859. The topological polar surface area (TPSA) is 49.3 Å². The summed E-state index contributed by atoms with van der Waals surface area (Å²) in [5, 5.41) is 12.8. The van der Waals surface area contributed by atoms with Gasteiger partial charge in [0.1, 0.15) is 0 Å². The zero-order chi connectivity index (χ0) is 11.5. The first-order valence-corrected chi connectivity index (χ1v) is 5.48. The van der Waals surface area contributed by atoms with Crippen LogP contribution in [0.15, 0.2) is 29.8 Å².